The highest BCUT2D eigenvalue weighted by molar-refractivity contribution is 7.92. The largest absolute Gasteiger partial charge is 0.384 e. The number of methoxy groups -OCH3 is 1. The van der Waals surface area contributed by atoms with E-state index in [2.05, 4.69) is 0 Å². The lowest BCUT2D eigenvalue weighted by molar-refractivity contribution is 0.142. The SMILES string of the molecule is COC[C@]1(CN)[C@H](c2cccc(Cl)c2)[C@H]1S(=O)(=O)c1ccc(Cl)cc1. The molecule has 0 radical (unpaired) electrons. The molecule has 134 valence electrons. The van der Waals surface area contributed by atoms with E-state index in [1.807, 2.05) is 12.1 Å². The van der Waals surface area contributed by atoms with Crippen LogP contribution in [0.25, 0.3) is 0 Å². The molecular formula is C18H19Cl2NO3S. The van der Waals surface area contributed by atoms with Crippen LogP contribution in [0.15, 0.2) is 53.4 Å². The average Bonchev–Trinajstić information content (AvgIpc) is 3.26. The van der Waals surface area contributed by atoms with Gasteiger partial charge in [-0.15, -0.1) is 0 Å². The summed E-state index contributed by atoms with van der Waals surface area (Å²) in [5.41, 5.74) is 6.20. The first-order chi connectivity index (χ1) is 11.9. The molecule has 2 aromatic rings. The van der Waals surface area contributed by atoms with Gasteiger partial charge in [0.2, 0.25) is 0 Å². The lowest BCUT2D eigenvalue weighted by Crippen LogP contribution is -2.28. The monoisotopic (exact) mass is 399 g/mol. The number of rotatable bonds is 6. The van der Waals surface area contributed by atoms with E-state index in [0.717, 1.165) is 5.56 Å². The molecule has 0 amide bonds. The van der Waals surface area contributed by atoms with Crippen molar-refractivity contribution >= 4 is 33.0 Å². The van der Waals surface area contributed by atoms with Gasteiger partial charge in [-0.1, -0.05) is 35.3 Å². The van der Waals surface area contributed by atoms with Crippen molar-refractivity contribution < 1.29 is 13.2 Å². The molecule has 0 unspecified atom stereocenters. The predicted molar refractivity (Wildman–Crippen MR) is 100.0 cm³/mol. The van der Waals surface area contributed by atoms with Gasteiger partial charge in [-0.25, -0.2) is 8.42 Å². The fourth-order valence-electron chi connectivity index (χ4n) is 3.66. The first-order valence-corrected chi connectivity index (χ1v) is 10.1. The molecule has 1 saturated carbocycles. The topological polar surface area (TPSA) is 69.4 Å². The van der Waals surface area contributed by atoms with Crippen LogP contribution in [0.5, 0.6) is 0 Å². The van der Waals surface area contributed by atoms with Crippen LogP contribution in [-0.2, 0) is 14.6 Å². The normalized spacial score (nSPS) is 25.8. The van der Waals surface area contributed by atoms with Crippen molar-refractivity contribution in [2.75, 3.05) is 20.3 Å². The van der Waals surface area contributed by atoms with Crippen LogP contribution in [-0.4, -0.2) is 33.9 Å². The van der Waals surface area contributed by atoms with Gasteiger partial charge in [0.15, 0.2) is 9.84 Å². The number of nitrogens with two attached hydrogens (primary N) is 1. The second-order valence-corrected chi connectivity index (χ2v) is 9.26. The van der Waals surface area contributed by atoms with Gasteiger partial charge in [0.25, 0.3) is 0 Å². The van der Waals surface area contributed by atoms with Gasteiger partial charge >= 0.3 is 0 Å². The molecule has 0 spiro atoms. The minimum absolute atomic E-state index is 0.204. The van der Waals surface area contributed by atoms with E-state index in [4.69, 9.17) is 33.7 Å². The van der Waals surface area contributed by atoms with E-state index in [1.54, 1.807) is 31.4 Å². The second kappa shape index (κ2) is 6.89. The average molecular weight is 400 g/mol. The van der Waals surface area contributed by atoms with E-state index in [9.17, 15) is 8.42 Å². The summed E-state index contributed by atoms with van der Waals surface area (Å²) in [6.07, 6.45) is 0. The van der Waals surface area contributed by atoms with Gasteiger partial charge in [-0.3, -0.25) is 0 Å². The highest BCUT2D eigenvalue weighted by atomic mass is 35.5. The van der Waals surface area contributed by atoms with Crippen molar-refractivity contribution in [3.63, 3.8) is 0 Å². The summed E-state index contributed by atoms with van der Waals surface area (Å²) in [7, 11) is -2.04. The highest BCUT2D eigenvalue weighted by Crippen LogP contribution is 2.63. The van der Waals surface area contributed by atoms with Gasteiger partial charge in [-0.05, 0) is 42.0 Å². The maximum Gasteiger partial charge on any atom is 0.182 e. The Morgan fingerprint density at radius 1 is 1.12 bits per heavy atom. The molecule has 25 heavy (non-hydrogen) atoms. The van der Waals surface area contributed by atoms with E-state index in [-0.39, 0.29) is 24.0 Å². The van der Waals surface area contributed by atoms with Crippen LogP contribution in [0.2, 0.25) is 10.0 Å². The highest BCUT2D eigenvalue weighted by Gasteiger charge is 2.70. The number of benzene rings is 2. The Labute approximate surface area is 157 Å². The first-order valence-electron chi connectivity index (χ1n) is 7.81. The fraction of sp³-hybridized carbons (Fsp3) is 0.333. The van der Waals surface area contributed by atoms with E-state index in [0.29, 0.717) is 10.0 Å². The number of hydrogen-bond donors (Lipinski definition) is 1. The molecular weight excluding hydrogens is 381 g/mol. The van der Waals surface area contributed by atoms with Crippen molar-refractivity contribution in [1.29, 1.82) is 0 Å². The Morgan fingerprint density at radius 3 is 2.36 bits per heavy atom. The van der Waals surface area contributed by atoms with Crippen molar-refractivity contribution in [2.45, 2.75) is 16.1 Å². The Kier molecular flexibility index (Phi) is 5.15. The minimum Gasteiger partial charge on any atom is -0.384 e. The molecule has 0 heterocycles. The van der Waals surface area contributed by atoms with Crippen LogP contribution < -0.4 is 5.73 Å². The number of ether oxygens (including phenoxy) is 1. The number of sulfone groups is 1. The molecule has 0 saturated heterocycles. The summed E-state index contributed by atoms with van der Waals surface area (Å²) < 4.78 is 31.8. The zero-order valence-electron chi connectivity index (χ0n) is 13.7. The predicted octanol–water partition coefficient (Wildman–Crippen LogP) is 3.52. The molecule has 3 atom stereocenters. The lowest BCUT2D eigenvalue weighted by atomic mass is 10.00. The van der Waals surface area contributed by atoms with Crippen molar-refractivity contribution in [3.8, 4) is 0 Å². The number of hydrogen-bond acceptors (Lipinski definition) is 4. The molecule has 3 rings (SSSR count). The van der Waals surface area contributed by atoms with Crippen LogP contribution in [0.1, 0.15) is 11.5 Å². The summed E-state index contributed by atoms with van der Waals surface area (Å²) in [5.74, 6) is -0.267. The molecule has 7 heteroatoms. The number of halogens is 2. The van der Waals surface area contributed by atoms with Gasteiger partial charge in [-0.2, -0.15) is 0 Å². The lowest BCUT2D eigenvalue weighted by Gasteiger charge is -2.15. The molecule has 2 N–H and O–H groups in total. The summed E-state index contributed by atoms with van der Waals surface area (Å²) >= 11 is 12.0. The molecule has 0 aliphatic heterocycles. The van der Waals surface area contributed by atoms with Gasteiger partial charge in [0, 0.05) is 35.0 Å². The summed E-state index contributed by atoms with van der Waals surface area (Å²) in [6, 6.07) is 13.5. The van der Waals surface area contributed by atoms with Crippen LogP contribution >= 0.6 is 23.2 Å². The second-order valence-electron chi connectivity index (χ2n) is 6.32. The van der Waals surface area contributed by atoms with Crippen LogP contribution in [0.4, 0.5) is 0 Å². The maximum atomic E-state index is 13.2. The summed E-state index contributed by atoms with van der Waals surface area (Å²) in [6.45, 7) is 0.466. The summed E-state index contributed by atoms with van der Waals surface area (Å²) in [4.78, 5) is 0.236. The van der Waals surface area contributed by atoms with Gasteiger partial charge in [0.1, 0.15) is 0 Å². The molecule has 0 aromatic heterocycles. The van der Waals surface area contributed by atoms with Crippen LogP contribution in [0.3, 0.4) is 0 Å². The fourth-order valence-corrected chi connectivity index (χ4v) is 6.43. The van der Waals surface area contributed by atoms with Crippen molar-refractivity contribution in [3.05, 3.63) is 64.1 Å². The van der Waals surface area contributed by atoms with Crippen molar-refractivity contribution in [2.24, 2.45) is 11.1 Å². The van der Waals surface area contributed by atoms with E-state index >= 15 is 0 Å². The summed E-state index contributed by atoms with van der Waals surface area (Å²) in [5, 5.41) is 0.392. The molecule has 0 bridgehead atoms. The Morgan fingerprint density at radius 2 is 1.80 bits per heavy atom. The van der Waals surface area contributed by atoms with Gasteiger partial charge < -0.3 is 10.5 Å². The van der Waals surface area contributed by atoms with Crippen LogP contribution in [0, 0.1) is 5.41 Å². The Balaban J connectivity index is 2.07. The zero-order valence-corrected chi connectivity index (χ0v) is 16.0. The van der Waals surface area contributed by atoms with E-state index in [1.165, 1.54) is 12.1 Å². The minimum atomic E-state index is -3.60. The maximum absolute atomic E-state index is 13.2. The molecule has 1 aliphatic carbocycles. The van der Waals surface area contributed by atoms with E-state index < -0.39 is 20.5 Å². The zero-order chi connectivity index (χ0) is 18.2. The third-order valence-corrected chi connectivity index (χ3v) is 7.68. The molecule has 2 aromatic carbocycles. The Bertz CT molecular complexity index is 870. The first kappa shape index (κ1) is 18.7. The van der Waals surface area contributed by atoms with Crippen molar-refractivity contribution in [1.82, 2.24) is 0 Å². The molecule has 1 fully saturated rings. The third kappa shape index (κ3) is 3.20. The molecule has 1 aliphatic rings. The smallest absolute Gasteiger partial charge is 0.182 e. The Hall–Kier alpha value is -1.11. The van der Waals surface area contributed by atoms with Gasteiger partial charge in [0.05, 0.1) is 16.8 Å². The standard InChI is InChI=1S/C18H19Cl2NO3S/c1-24-11-18(10-21)16(12-3-2-4-14(20)9-12)17(18)25(22,23)15-7-5-13(19)6-8-15/h2-9,16-17H,10-11,21H2,1H3/t16-,17-,18-/m1/s1. The third-order valence-electron chi connectivity index (χ3n) is 4.86. The molecule has 4 nitrogen and oxygen atoms in total. The quantitative estimate of drug-likeness (QED) is 0.806.